The first-order chi connectivity index (χ1) is 7.08. The number of hydrogen-bond donors (Lipinski definition) is 0. The maximum Gasteiger partial charge on any atom is 0.0847 e. The van der Waals surface area contributed by atoms with Crippen molar-refractivity contribution in [3.05, 3.63) is 16.4 Å². The third-order valence-corrected chi connectivity index (χ3v) is 4.56. The molecular formula is C11H16Cl2N2. The van der Waals surface area contributed by atoms with Gasteiger partial charge in [-0.05, 0) is 31.6 Å². The lowest BCUT2D eigenvalue weighted by atomic mass is 9.67. The fourth-order valence-electron chi connectivity index (χ4n) is 2.26. The molecule has 2 rings (SSSR count). The fourth-order valence-corrected chi connectivity index (χ4v) is 2.85. The number of alkyl halides is 1. The number of halogens is 2. The molecule has 0 bridgehead atoms. The monoisotopic (exact) mass is 246 g/mol. The highest BCUT2D eigenvalue weighted by Crippen LogP contribution is 2.45. The second kappa shape index (κ2) is 3.99. The Morgan fingerprint density at radius 3 is 2.47 bits per heavy atom. The maximum atomic E-state index is 6.23. The summed E-state index contributed by atoms with van der Waals surface area (Å²) in [6.45, 7) is 1.94. The highest BCUT2D eigenvalue weighted by atomic mass is 35.5. The lowest BCUT2D eigenvalue weighted by Gasteiger charge is -2.40. The van der Waals surface area contributed by atoms with Gasteiger partial charge in [0.2, 0.25) is 0 Å². The molecule has 1 saturated carbocycles. The van der Waals surface area contributed by atoms with Crippen LogP contribution in [-0.4, -0.2) is 15.7 Å². The van der Waals surface area contributed by atoms with Crippen LogP contribution in [0.2, 0.25) is 5.02 Å². The van der Waals surface area contributed by atoms with E-state index in [4.69, 9.17) is 23.2 Å². The molecule has 1 aliphatic rings. The third kappa shape index (κ3) is 1.90. The zero-order valence-electron chi connectivity index (χ0n) is 9.19. The summed E-state index contributed by atoms with van der Waals surface area (Å²) < 4.78 is 1.89. The Kier molecular flexibility index (Phi) is 3.00. The molecule has 0 amide bonds. The first kappa shape index (κ1) is 11.3. The normalized spacial score (nSPS) is 18.9. The van der Waals surface area contributed by atoms with E-state index in [0.717, 1.165) is 28.7 Å². The molecule has 0 spiro atoms. The van der Waals surface area contributed by atoms with Gasteiger partial charge in [-0.25, -0.2) is 0 Å². The van der Waals surface area contributed by atoms with E-state index in [2.05, 4.69) is 5.10 Å². The molecule has 2 nitrogen and oxygen atoms in total. The van der Waals surface area contributed by atoms with Crippen LogP contribution in [0.15, 0.2) is 0 Å². The average molecular weight is 247 g/mol. The van der Waals surface area contributed by atoms with E-state index in [9.17, 15) is 0 Å². The Morgan fingerprint density at radius 2 is 2.13 bits per heavy atom. The summed E-state index contributed by atoms with van der Waals surface area (Å²) in [6.07, 6.45) is 4.70. The SMILES string of the molecule is Cc1nn(C)c(CC2(CCl)CCC2)c1Cl. The van der Waals surface area contributed by atoms with Gasteiger partial charge in [0.1, 0.15) is 0 Å². The topological polar surface area (TPSA) is 17.8 Å². The van der Waals surface area contributed by atoms with Crippen LogP contribution >= 0.6 is 23.2 Å². The summed E-state index contributed by atoms with van der Waals surface area (Å²) in [6, 6.07) is 0. The summed E-state index contributed by atoms with van der Waals surface area (Å²) in [5.74, 6) is 0.730. The maximum absolute atomic E-state index is 6.23. The van der Waals surface area contributed by atoms with Gasteiger partial charge < -0.3 is 0 Å². The third-order valence-electron chi connectivity index (χ3n) is 3.50. The van der Waals surface area contributed by atoms with E-state index < -0.39 is 0 Å². The van der Waals surface area contributed by atoms with Gasteiger partial charge in [-0.2, -0.15) is 5.10 Å². The number of aryl methyl sites for hydroxylation is 2. The van der Waals surface area contributed by atoms with Crippen LogP contribution in [0.5, 0.6) is 0 Å². The van der Waals surface area contributed by atoms with E-state index >= 15 is 0 Å². The minimum atomic E-state index is 0.283. The van der Waals surface area contributed by atoms with Crippen molar-refractivity contribution in [2.24, 2.45) is 12.5 Å². The molecule has 1 aromatic rings. The Hall–Kier alpha value is -0.210. The molecule has 0 N–H and O–H groups in total. The molecule has 4 heteroatoms. The molecule has 0 aromatic carbocycles. The highest BCUT2D eigenvalue weighted by Gasteiger charge is 2.37. The van der Waals surface area contributed by atoms with Gasteiger partial charge in [-0.15, -0.1) is 11.6 Å². The van der Waals surface area contributed by atoms with Crippen molar-refractivity contribution in [1.29, 1.82) is 0 Å². The number of nitrogens with zero attached hydrogens (tertiary/aromatic N) is 2. The lowest BCUT2D eigenvalue weighted by Crippen LogP contribution is -2.34. The van der Waals surface area contributed by atoms with E-state index in [-0.39, 0.29) is 5.41 Å². The highest BCUT2D eigenvalue weighted by molar-refractivity contribution is 6.31. The van der Waals surface area contributed by atoms with Crippen LogP contribution in [0.4, 0.5) is 0 Å². The van der Waals surface area contributed by atoms with E-state index in [1.807, 2.05) is 18.7 Å². The Morgan fingerprint density at radius 1 is 1.47 bits per heavy atom. The molecular weight excluding hydrogens is 231 g/mol. The standard InChI is InChI=1S/C11H16Cl2N2/c1-8-10(13)9(15(2)14-8)6-11(7-12)4-3-5-11/h3-7H2,1-2H3. The smallest absolute Gasteiger partial charge is 0.0847 e. The molecule has 0 radical (unpaired) electrons. The lowest BCUT2D eigenvalue weighted by molar-refractivity contribution is 0.162. The zero-order valence-corrected chi connectivity index (χ0v) is 10.7. The average Bonchev–Trinajstić information content (AvgIpc) is 2.37. The largest absolute Gasteiger partial charge is 0.271 e. The summed E-state index contributed by atoms with van der Waals surface area (Å²) in [5.41, 5.74) is 2.33. The second-order valence-corrected chi connectivity index (χ2v) is 5.28. The van der Waals surface area contributed by atoms with Crippen LogP contribution in [0, 0.1) is 12.3 Å². The molecule has 0 aliphatic heterocycles. The van der Waals surface area contributed by atoms with Crippen LogP contribution in [0.3, 0.4) is 0 Å². The summed E-state index contributed by atoms with van der Waals surface area (Å²) in [7, 11) is 1.95. The molecule has 84 valence electrons. The first-order valence-corrected chi connectivity index (χ1v) is 6.23. The van der Waals surface area contributed by atoms with Gasteiger partial charge in [0.25, 0.3) is 0 Å². The van der Waals surface area contributed by atoms with Crippen LogP contribution in [-0.2, 0) is 13.5 Å². The molecule has 1 fully saturated rings. The molecule has 15 heavy (non-hydrogen) atoms. The van der Waals surface area contributed by atoms with Gasteiger partial charge >= 0.3 is 0 Å². The Balaban J connectivity index is 2.23. The van der Waals surface area contributed by atoms with Crippen molar-refractivity contribution in [1.82, 2.24) is 9.78 Å². The fraction of sp³-hybridized carbons (Fsp3) is 0.727. The summed E-state index contributed by atoms with van der Waals surface area (Å²) >= 11 is 12.3. The summed E-state index contributed by atoms with van der Waals surface area (Å²) in [4.78, 5) is 0. The van der Waals surface area contributed by atoms with Crippen LogP contribution in [0.25, 0.3) is 0 Å². The Bertz CT molecular complexity index is 361. The summed E-state index contributed by atoms with van der Waals surface area (Å²) in [5, 5.41) is 5.14. The molecule has 1 aliphatic carbocycles. The molecule has 1 heterocycles. The van der Waals surface area contributed by atoms with Gasteiger partial charge in [-0.1, -0.05) is 18.0 Å². The van der Waals surface area contributed by atoms with Crippen LogP contribution < -0.4 is 0 Å². The number of hydrogen-bond acceptors (Lipinski definition) is 1. The van der Waals surface area contributed by atoms with Crippen molar-refractivity contribution in [2.75, 3.05) is 5.88 Å². The molecule has 0 saturated heterocycles. The minimum Gasteiger partial charge on any atom is -0.271 e. The van der Waals surface area contributed by atoms with E-state index in [1.165, 1.54) is 19.3 Å². The van der Waals surface area contributed by atoms with E-state index in [0.29, 0.717) is 0 Å². The van der Waals surface area contributed by atoms with Gasteiger partial charge in [0.05, 0.1) is 16.4 Å². The van der Waals surface area contributed by atoms with E-state index in [1.54, 1.807) is 0 Å². The zero-order chi connectivity index (χ0) is 11.1. The molecule has 0 atom stereocenters. The predicted octanol–water partition coefficient (Wildman–Crippen LogP) is 3.33. The van der Waals surface area contributed by atoms with Crippen molar-refractivity contribution < 1.29 is 0 Å². The van der Waals surface area contributed by atoms with Crippen molar-refractivity contribution in [2.45, 2.75) is 32.6 Å². The quantitative estimate of drug-likeness (QED) is 0.749. The van der Waals surface area contributed by atoms with Crippen LogP contribution in [0.1, 0.15) is 30.7 Å². The molecule has 0 unspecified atom stereocenters. The minimum absolute atomic E-state index is 0.283. The molecule has 1 aromatic heterocycles. The van der Waals surface area contributed by atoms with Crippen molar-refractivity contribution in [3.63, 3.8) is 0 Å². The van der Waals surface area contributed by atoms with Crippen molar-refractivity contribution >= 4 is 23.2 Å². The number of rotatable bonds is 3. The van der Waals surface area contributed by atoms with Gasteiger partial charge in [-0.3, -0.25) is 4.68 Å². The first-order valence-electron chi connectivity index (χ1n) is 5.32. The van der Waals surface area contributed by atoms with Gasteiger partial charge in [0.15, 0.2) is 0 Å². The van der Waals surface area contributed by atoms with Gasteiger partial charge in [0, 0.05) is 12.9 Å². The second-order valence-electron chi connectivity index (χ2n) is 4.63. The predicted molar refractivity (Wildman–Crippen MR) is 63.7 cm³/mol. The number of aromatic nitrogens is 2. The Labute approximate surface area is 101 Å². The van der Waals surface area contributed by atoms with Crippen molar-refractivity contribution in [3.8, 4) is 0 Å².